The van der Waals surface area contributed by atoms with Crippen molar-refractivity contribution in [3.05, 3.63) is 138 Å². The van der Waals surface area contributed by atoms with Gasteiger partial charge in [0, 0.05) is 26.4 Å². The quantitative estimate of drug-likeness (QED) is 0.0491. The first kappa shape index (κ1) is 58.5. The molecule has 4 aromatic carbocycles. The predicted molar refractivity (Wildman–Crippen MR) is 281 cm³/mol. The molecule has 0 atom stereocenters. The lowest BCUT2D eigenvalue weighted by Crippen LogP contribution is -2.69. The van der Waals surface area contributed by atoms with Crippen molar-refractivity contribution in [3.63, 3.8) is 0 Å². The van der Waals surface area contributed by atoms with Crippen LogP contribution in [0.3, 0.4) is 0 Å². The predicted octanol–water partition coefficient (Wildman–Crippen LogP) is 10.9. The van der Waals surface area contributed by atoms with E-state index in [1.54, 1.807) is 24.7 Å². The van der Waals surface area contributed by atoms with E-state index in [0.717, 1.165) is 41.1 Å². The van der Waals surface area contributed by atoms with Gasteiger partial charge in [-0.2, -0.15) is 26.3 Å². The summed E-state index contributed by atoms with van der Waals surface area (Å²) < 4.78 is 96.3. The SMILES string of the molecule is C.CC(=O)c1cnc([Si](C)(C)C(C)(C)C)n1C.CC(C)(C)[Si](Oc1cc2c(cc1C(F)(F)F)NC(=O)C2=O)(c1ccccc1)c1ccccc1.COC(=O)c1cc(-c2cncn2C)nc2cc(C(F)(F)F)c(O)cc12. The Balaban J connectivity index is 0.000000220. The summed E-state index contributed by atoms with van der Waals surface area (Å²) in [6.07, 6.45) is -4.84. The minimum Gasteiger partial charge on any atom is -0.534 e. The van der Waals surface area contributed by atoms with Gasteiger partial charge in [-0.05, 0) is 50.8 Å². The highest BCUT2D eigenvalue weighted by Gasteiger charge is 2.53. The van der Waals surface area contributed by atoms with Crippen LogP contribution in [-0.4, -0.2) is 76.1 Å². The van der Waals surface area contributed by atoms with E-state index in [9.17, 15) is 50.6 Å². The normalized spacial score (nSPS) is 12.9. The number of phenolic OH excluding ortho intramolecular Hbond substituents is 1. The highest BCUT2D eigenvalue weighted by Crippen LogP contribution is 2.45. The number of hydrogen-bond acceptors (Lipinski definition) is 10. The number of alkyl halides is 6. The lowest BCUT2D eigenvalue weighted by Gasteiger charge is -2.43. The molecule has 21 heteroatoms. The molecule has 7 aromatic rings. The Labute approximate surface area is 433 Å². The van der Waals surface area contributed by atoms with Crippen molar-refractivity contribution in [1.29, 1.82) is 0 Å². The van der Waals surface area contributed by atoms with Crippen LogP contribution in [0.1, 0.15) is 98.2 Å². The molecule has 0 radical (unpaired) electrons. The molecule has 398 valence electrons. The lowest BCUT2D eigenvalue weighted by atomic mass is 10.0. The molecule has 75 heavy (non-hydrogen) atoms. The van der Waals surface area contributed by atoms with Gasteiger partial charge in [0.15, 0.2) is 5.78 Å². The number of ether oxygens (including phenoxy) is 1. The average Bonchev–Trinajstić information content (AvgIpc) is 4.02. The number of imidazole rings is 2. The van der Waals surface area contributed by atoms with Crippen LogP contribution in [0.15, 0.2) is 110 Å². The maximum atomic E-state index is 14.1. The number of aryl methyl sites for hydroxylation is 1. The molecule has 13 nitrogen and oxygen atoms in total. The summed E-state index contributed by atoms with van der Waals surface area (Å²) >= 11 is 0. The van der Waals surface area contributed by atoms with Gasteiger partial charge in [-0.1, -0.05) is 123 Å². The molecule has 2 N–H and O–H groups in total. The van der Waals surface area contributed by atoms with Gasteiger partial charge in [-0.3, -0.25) is 14.4 Å². The number of carbonyl (C=O) groups excluding carboxylic acids is 4. The number of hydrogen-bond donors (Lipinski definition) is 2. The average molecular weight is 1080 g/mol. The summed E-state index contributed by atoms with van der Waals surface area (Å²) in [5.41, 5.74) is -0.0786. The molecule has 8 rings (SSSR count). The number of aromatic hydroxyl groups is 1. The van der Waals surface area contributed by atoms with Crippen LogP contribution < -0.4 is 25.6 Å². The molecule has 1 aliphatic rings. The van der Waals surface area contributed by atoms with E-state index >= 15 is 0 Å². The molecule has 0 saturated carbocycles. The first-order chi connectivity index (χ1) is 34.3. The molecular formula is C54H60F6N6O7Si2. The van der Waals surface area contributed by atoms with Crippen LogP contribution in [0, 0.1) is 0 Å². The Morgan fingerprint density at radius 1 is 0.760 bits per heavy atom. The van der Waals surface area contributed by atoms with Gasteiger partial charge >= 0.3 is 26.6 Å². The first-order valence-electron chi connectivity index (χ1n) is 23.0. The van der Waals surface area contributed by atoms with Crippen molar-refractivity contribution < 1.29 is 59.8 Å². The molecule has 0 bridgehead atoms. The second-order valence-corrected chi connectivity index (χ2v) is 29.6. The van der Waals surface area contributed by atoms with Crippen LogP contribution in [0.2, 0.25) is 23.2 Å². The zero-order chi connectivity index (χ0) is 55.1. The van der Waals surface area contributed by atoms with E-state index in [2.05, 4.69) is 54.1 Å². The van der Waals surface area contributed by atoms with Gasteiger partial charge in [0.1, 0.15) is 25.3 Å². The second kappa shape index (κ2) is 21.4. The van der Waals surface area contributed by atoms with Crippen LogP contribution in [-0.2, 0) is 36.0 Å². The number of carbonyl (C=O) groups is 4. The first-order valence-corrected chi connectivity index (χ1v) is 27.9. The topological polar surface area (TPSA) is 168 Å². The number of fused-ring (bicyclic) bond motifs is 2. The van der Waals surface area contributed by atoms with E-state index in [4.69, 9.17) is 9.16 Å². The maximum Gasteiger partial charge on any atom is 0.420 e. The molecular weight excluding hydrogens is 1010 g/mol. The summed E-state index contributed by atoms with van der Waals surface area (Å²) in [6, 6.07) is 23.2. The molecule has 0 unspecified atom stereocenters. The zero-order valence-electron chi connectivity index (χ0n) is 42.8. The number of methoxy groups -OCH3 is 1. The third kappa shape index (κ3) is 11.6. The fourth-order valence-electron chi connectivity index (χ4n) is 8.45. The lowest BCUT2D eigenvalue weighted by molar-refractivity contribution is -0.139. The summed E-state index contributed by atoms with van der Waals surface area (Å²) in [6.45, 7) is 18.8. The number of aromatic nitrogens is 5. The zero-order valence-corrected chi connectivity index (χ0v) is 44.8. The van der Waals surface area contributed by atoms with Crippen LogP contribution >= 0.6 is 0 Å². The Morgan fingerprint density at radius 3 is 1.77 bits per heavy atom. The number of amides is 1. The minimum absolute atomic E-state index is 0. The number of rotatable bonds is 8. The van der Waals surface area contributed by atoms with Crippen molar-refractivity contribution >= 4 is 72.2 Å². The number of ketones is 2. The fourth-order valence-corrected chi connectivity index (χ4v) is 14.9. The minimum atomic E-state index is -4.76. The van der Waals surface area contributed by atoms with Crippen molar-refractivity contribution in [2.24, 2.45) is 14.1 Å². The Hall–Kier alpha value is -7.40. The molecule has 1 amide bonds. The fraction of sp³-hybridized carbons (Fsp3) is 0.315. The highest BCUT2D eigenvalue weighted by molar-refractivity contribution is 7.00. The number of nitrogens with zero attached hydrogens (tertiary/aromatic N) is 5. The number of benzene rings is 4. The van der Waals surface area contributed by atoms with Crippen LogP contribution in [0.25, 0.3) is 22.3 Å². The van der Waals surface area contributed by atoms with Gasteiger partial charge in [-0.15, -0.1) is 0 Å². The number of pyridine rings is 1. The van der Waals surface area contributed by atoms with Crippen molar-refractivity contribution in [2.75, 3.05) is 12.4 Å². The third-order valence-electron chi connectivity index (χ3n) is 13.3. The maximum absolute atomic E-state index is 14.1. The number of nitrogens with one attached hydrogen (secondary N) is 1. The van der Waals surface area contributed by atoms with Crippen LogP contribution in [0.5, 0.6) is 11.5 Å². The standard InChI is InChI=1S/C25H22F3NO3Si.C16H12F3N3O3.C12H22N2OSi.CH4/c1-24(2,3)33(16-10-6-4-7-11-16,17-12-8-5-9-13-17)32-21-14-18-20(29-23(31)22(18)30)15-19(21)25(26,27)28;1-22-7-20-6-13(22)12-3-9(15(24)25-2)8-4-14(23)10(16(17,18)19)5-11(8)21-12;1-9(15)10-8-13-11(14(10)5)16(6,7)12(2,3)4;/h4-15H,1-3H3,(H,29,30,31);3-7,23H,1-2H3;8H,1-7H3;1H4. The summed E-state index contributed by atoms with van der Waals surface area (Å²) in [4.78, 5) is 60.2. The van der Waals surface area contributed by atoms with Gasteiger partial charge in [-0.25, -0.2) is 19.7 Å². The summed E-state index contributed by atoms with van der Waals surface area (Å²) in [5, 5.41) is 13.2. The molecule has 0 fully saturated rings. The number of Topliss-reactive ketones (excluding diaryl/α,β-unsaturated/α-hetero) is 2. The van der Waals surface area contributed by atoms with Gasteiger partial charge in [0.2, 0.25) is 0 Å². The second-order valence-electron chi connectivity index (χ2n) is 20.2. The molecule has 3 aromatic heterocycles. The number of phenols is 1. The third-order valence-corrected chi connectivity index (χ3v) is 23.6. The van der Waals surface area contributed by atoms with Crippen molar-refractivity contribution in [2.45, 2.75) is 91.4 Å². The van der Waals surface area contributed by atoms with Gasteiger partial charge < -0.3 is 28.7 Å². The van der Waals surface area contributed by atoms with Crippen molar-refractivity contribution in [3.8, 4) is 22.9 Å². The van der Waals surface area contributed by atoms with Gasteiger partial charge in [0.25, 0.3) is 11.7 Å². The van der Waals surface area contributed by atoms with E-state index in [0.29, 0.717) is 17.5 Å². The van der Waals surface area contributed by atoms with Crippen molar-refractivity contribution in [1.82, 2.24) is 24.1 Å². The Morgan fingerprint density at radius 2 is 1.32 bits per heavy atom. The Bertz CT molecular complexity index is 3230. The molecule has 4 heterocycles. The van der Waals surface area contributed by atoms with Crippen LogP contribution in [0.4, 0.5) is 32.0 Å². The largest absolute Gasteiger partial charge is 0.534 e. The number of esters is 1. The highest BCUT2D eigenvalue weighted by atomic mass is 28.4. The van der Waals surface area contributed by atoms with Gasteiger partial charge in [0.05, 0.1) is 76.1 Å². The number of halogens is 6. The smallest absolute Gasteiger partial charge is 0.420 e. The monoisotopic (exact) mass is 1070 g/mol. The number of anilines is 1. The molecule has 0 spiro atoms. The molecule has 0 saturated heterocycles. The summed E-state index contributed by atoms with van der Waals surface area (Å²) in [5.74, 6) is -3.96. The van der Waals surface area contributed by atoms with E-state index in [1.807, 2.05) is 93.0 Å². The Kier molecular flexibility index (Phi) is 16.7. The van der Waals surface area contributed by atoms with E-state index < -0.39 is 74.1 Å². The molecule has 0 aliphatic carbocycles. The van der Waals surface area contributed by atoms with E-state index in [1.165, 1.54) is 18.6 Å². The van der Waals surface area contributed by atoms with E-state index in [-0.39, 0.29) is 51.7 Å². The summed E-state index contributed by atoms with van der Waals surface area (Å²) in [7, 11) is -0.256. The molecule has 1 aliphatic heterocycles.